The summed E-state index contributed by atoms with van der Waals surface area (Å²) < 4.78 is 0. The summed E-state index contributed by atoms with van der Waals surface area (Å²) in [6, 6.07) is 9.40. The van der Waals surface area contributed by atoms with E-state index in [1.165, 1.54) is 0 Å². The molecule has 2 N–H and O–H groups in total. The second kappa shape index (κ2) is 8.73. The first kappa shape index (κ1) is 20.3. The molecule has 152 valence electrons. The van der Waals surface area contributed by atoms with Gasteiger partial charge in [0.05, 0.1) is 0 Å². The van der Waals surface area contributed by atoms with Gasteiger partial charge < -0.3 is 15.5 Å². The van der Waals surface area contributed by atoms with Crippen molar-refractivity contribution in [2.24, 2.45) is 5.92 Å². The number of carbonyl (C=O) groups is 3. The number of urea groups is 1. The summed E-state index contributed by atoms with van der Waals surface area (Å²) in [5.41, 5.74) is 0.291. The number of rotatable bonds is 7. The summed E-state index contributed by atoms with van der Waals surface area (Å²) >= 11 is 0. The van der Waals surface area contributed by atoms with E-state index in [-0.39, 0.29) is 18.4 Å². The van der Waals surface area contributed by atoms with E-state index in [9.17, 15) is 14.4 Å². The van der Waals surface area contributed by atoms with Crippen LogP contribution in [0, 0.1) is 5.92 Å². The number of piperidine rings is 1. The highest BCUT2D eigenvalue weighted by molar-refractivity contribution is 6.09. The minimum Gasteiger partial charge on any atom is -0.354 e. The molecule has 2 heterocycles. The molecule has 1 aromatic rings. The van der Waals surface area contributed by atoms with Crippen LogP contribution in [-0.2, 0) is 16.0 Å². The zero-order valence-electron chi connectivity index (χ0n) is 16.7. The highest BCUT2D eigenvalue weighted by Crippen LogP contribution is 2.29. The molecule has 1 spiro atoms. The number of hydrogen-bond acceptors (Lipinski definition) is 4. The Balaban J connectivity index is 1.49. The first-order valence-electron chi connectivity index (χ1n) is 10.1. The number of nitrogens with zero attached hydrogens (tertiary/aromatic N) is 2. The number of hydrogen-bond donors (Lipinski definition) is 2. The van der Waals surface area contributed by atoms with E-state index in [0.29, 0.717) is 31.7 Å². The van der Waals surface area contributed by atoms with Gasteiger partial charge in [-0.2, -0.15) is 0 Å². The Kier molecular flexibility index (Phi) is 6.34. The maximum absolute atomic E-state index is 12.9. The molecular formula is C21H30N4O3. The average molecular weight is 386 g/mol. The summed E-state index contributed by atoms with van der Waals surface area (Å²) in [7, 11) is 0. The first-order valence-corrected chi connectivity index (χ1v) is 10.1. The smallest absolute Gasteiger partial charge is 0.325 e. The molecule has 1 aromatic carbocycles. The third kappa shape index (κ3) is 4.70. The molecule has 2 aliphatic rings. The van der Waals surface area contributed by atoms with Crippen molar-refractivity contribution in [2.75, 3.05) is 32.7 Å². The van der Waals surface area contributed by atoms with Crippen LogP contribution in [0.2, 0.25) is 0 Å². The van der Waals surface area contributed by atoms with Gasteiger partial charge in [0, 0.05) is 26.2 Å². The molecule has 0 atom stereocenters. The van der Waals surface area contributed by atoms with Crippen LogP contribution < -0.4 is 10.6 Å². The second-order valence-corrected chi connectivity index (χ2v) is 8.18. The SMILES string of the molecule is CC(C)CN1CCC2(CC1)NC(=O)N(CC(=O)NCCc1ccccc1)C2=O. The van der Waals surface area contributed by atoms with Crippen molar-refractivity contribution in [3.63, 3.8) is 0 Å². The lowest BCUT2D eigenvalue weighted by Gasteiger charge is -2.37. The summed E-state index contributed by atoms with van der Waals surface area (Å²) in [6.07, 6.45) is 1.90. The van der Waals surface area contributed by atoms with Crippen LogP contribution in [0.15, 0.2) is 30.3 Å². The van der Waals surface area contributed by atoms with Gasteiger partial charge in [-0.1, -0.05) is 44.2 Å². The van der Waals surface area contributed by atoms with Gasteiger partial charge in [-0.3, -0.25) is 14.5 Å². The second-order valence-electron chi connectivity index (χ2n) is 8.18. The van der Waals surface area contributed by atoms with Crippen molar-refractivity contribution in [3.8, 4) is 0 Å². The lowest BCUT2D eigenvalue weighted by atomic mass is 9.87. The van der Waals surface area contributed by atoms with E-state index >= 15 is 0 Å². The third-order valence-electron chi connectivity index (χ3n) is 5.46. The molecule has 28 heavy (non-hydrogen) atoms. The molecule has 0 aromatic heterocycles. The zero-order valence-corrected chi connectivity index (χ0v) is 16.7. The number of carbonyl (C=O) groups excluding carboxylic acids is 3. The van der Waals surface area contributed by atoms with Crippen molar-refractivity contribution in [2.45, 2.75) is 38.6 Å². The highest BCUT2D eigenvalue weighted by Gasteiger charge is 2.52. The fraction of sp³-hybridized carbons (Fsp3) is 0.571. The fourth-order valence-electron chi connectivity index (χ4n) is 3.98. The molecule has 2 saturated heterocycles. The van der Waals surface area contributed by atoms with Gasteiger partial charge in [-0.15, -0.1) is 0 Å². The number of likely N-dealkylation sites (tertiary alicyclic amines) is 1. The largest absolute Gasteiger partial charge is 0.354 e. The van der Waals surface area contributed by atoms with Crippen molar-refractivity contribution < 1.29 is 14.4 Å². The Morgan fingerprint density at radius 3 is 2.50 bits per heavy atom. The number of nitrogens with one attached hydrogen (secondary N) is 2. The normalized spacial score (nSPS) is 19.3. The van der Waals surface area contributed by atoms with E-state index in [1.54, 1.807) is 0 Å². The van der Waals surface area contributed by atoms with E-state index in [4.69, 9.17) is 0 Å². The topological polar surface area (TPSA) is 81.8 Å². The Morgan fingerprint density at radius 1 is 1.18 bits per heavy atom. The molecule has 0 aliphatic carbocycles. The molecule has 7 heteroatoms. The van der Waals surface area contributed by atoms with Crippen LogP contribution in [0.5, 0.6) is 0 Å². The van der Waals surface area contributed by atoms with Crippen LogP contribution >= 0.6 is 0 Å². The molecule has 7 nitrogen and oxygen atoms in total. The van der Waals surface area contributed by atoms with Gasteiger partial charge in [-0.05, 0) is 30.7 Å². The average Bonchev–Trinajstić information content (AvgIpc) is 2.88. The van der Waals surface area contributed by atoms with Gasteiger partial charge in [0.1, 0.15) is 12.1 Å². The molecular weight excluding hydrogens is 356 g/mol. The van der Waals surface area contributed by atoms with E-state index < -0.39 is 11.6 Å². The van der Waals surface area contributed by atoms with E-state index in [2.05, 4.69) is 29.4 Å². The van der Waals surface area contributed by atoms with Crippen molar-refractivity contribution >= 4 is 17.8 Å². The predicted octanol–water partition coefficient (Wildman–Crippen LogP) is 1.39. The van der Waals surface area contributed by atoms with Gasteiger partial charge in [-0.25, -0.2) is 4.79 Å². The Morgan fingerprint density at radius 2 is 1.86 bits per heavy atom. The summed E-state index contributed by atoms with van der Waals surface area (Å²) in [6.45, 7) is 7.14. The number of benzene rings is 1. The van der Waals surface area contributed by atoms with Crippen LogP contribution in [0.4, 0.5) is 4.79 Å². The first-order chi connectivity index (χ1) is 13.4. The van der Waals surface area contributed by atoms with Crippen molar-refractivity contribution in [1.29, 1.82) is 0 Å². The zero-order chi connectivity index (χ0) is 20.1. The van der Waals surface area contributed by atoms with Crippen LogP contribution in [0.25, 0.3) is 0 Å². The van der Waals surface area contributed by atoms with Crippen LogP contribution in [-0.4, -0.2) is 65.9 Å². The molecule has 0 radical (unpaired) electrons. The highest BCUT2D eigenvalue weighted by atomic mass is 16.2. The minimum absolute atomic E-state index is 0.225. The van der Waals surface area contributed by atoms with Gasteiger partial charge in [0.15, 0.2) is 0 Å². The minimum atomic E-state index is -0.838. The Bertz CT molecular complexity index is 712. The summed E-state index contributed by atoms with van der Waals surface area (Å²) in [4.78, 5) is 40.9. The summed E-state index contributed by atoms with van der Waals surface area (Å²) in [5.74, 6) is -0.00682. The quantitative estimate of drug-likeness (QED) is 0.694. The maximum atomic E-state index is 12.9. The van der Waals surface area contributed by atoms with Crippen molar-refractivity contribution in [3.05, 3.63) is 35.9 Å². The third-order valence-corrected chi connectivity index (χ3v) is 5.46. The van der Waals surface area contributed by atoms with Gasteiger partial charge in [0.25, 0.3) is 5.91 Å². The molecule has 2 aliphatic heterocycles. The number of amides is 4. The lowest BCUT2D eigenvalue weighted by Crippen LogP contribution is -2.55. The van der Waals surface area contributed by atoms with E-state index in [0.717, 1.165) is 30.1 Å². The molecule has 0 saturated carbocycles. The predicted molar refractivity (Wildman–Crippen MR) is 107 cm³/mol. The van der Waals surface area contributed by atoms with Gasteiger partial charge in [0.2, 0.25) is 5.91 Å². The Hall–Kier alpha value is -2.41. The Labute approximate surface area is 166 Å². The van der Waals surface area contributed by atoms with Crippen LogP contribution in [0.1, 0.15) is 32.3 Å². The monoisotopic (exact) mass is 386 g/mol. The molecule has 0 unspecified atom stereocenters. The molecule has 3 rings (SSSR count). The standard InChI is InChI=1S/C21H30N4O3/c1-16(2)14-24-12-9-21(10-13-24)19(27)25(20(28)23-21)15-18(26)22-11-8-17-6-4-3-5-7-17/h3-7,16H,8-15H2,1-2H3,(H,22,26)(H,23,28). The van der Waals surface area contributed by atoms with Crippen molar-refractivity contribution in [1.82, 2.24) is 20.4 Å². The van der Waals surface area contributed by atoms with E-state index in [1.807, 2.05) is 30.3 Å². The van der Waals surface area contributed by atoms with Crippen LogP contribution in [0.3, 0.4) is 0 Å². The lowest BCUT2D eigenvalue weighted by molar-refractivity contribution is -0.136. The molecule has 4 amide bonds. The summed E-state index contributed by atoms with van der Waals surface area (Å²) in [5, 5.41) is 5.66. The molecule has 0 bridgehead atoms. The number of imide groups is 1. The van der Waals surface area contributed by atoms with Gasteiger partial charge >= 0.3 is 6.03 Å². The molecule has 2 fully saturated rings. The fourth-order valence-corrected chi connectivity index (χ4v) is 3.98. The maximum Gasteiger partial charge on any atom is 0.325 e.